The minimum absolute atomic E-state index is 0.495. The molecule has 0 saturated carbocycles. The van der Waals surface area contributed by atoms with Crippen LogP contribution in [0.5, 0.6) is 17.2 Å². The van der Waals surface area contributed by atoms with Crippen molar-refractivity contribution >= 4 is 24.4 Å². The van der Waals surface area contributed by atoms with E-state index in [9.17, 15) is 4.79 Å². The number of carbonyl (C=O) groups excluding carboxylic acids is 1. The summed E-state index contributed by atoms with van der Waals surface area (Å²) in [5.74, 6) is 2.73. The van der Waals surface area contributed by atoms with E-state index in [1.807, 2.05) is 42.5 Å². The van der Waals surface area contributed by atoms with E-state index in [0.29, 0.717) is 17.2 Å². The molecular formula is C21H19NO3S. The van der Waals surface area contributed by atoms with E-state index in [0.717, 1.165) is 23.5 Å². The summed E-state index contributed by atoms with van der Waals surface area (Å²) in [5, 5.41) is 2.69. The van der Waals surface area contributed by atoms with Crippen LogP contribution in [0.25, 0.3) is 0 Å². The van der Waals surface area contributed by atoms with E-state index < -0.39 is 6.09 Å². The van der Waals surface area contributed by atoms with Crippen LogP contribution in [-0.2, 0) is 6.42 Å². The molecule has 0 aliphatic carbocycles. The van der Waals surface area contributed by atoms with Gasteiger partial charge in [0, 0.05) is 5.69 Å². The van der Waals surface area contributed by atoms with E-state index >= 15 is 0 Å². The number of para-hydroxylation sites is 1. The maximum absolute atomic E-state index is 12.0. The molecule has 1 amide bonds. The van der Waals surface area contributed by atoms with Crippen molar-refractivity contribution in [2.75, 3.05) is 11.1 Å². The number of ether oxygens (including phenoxy) is 2. The predicted molar refractivity (Wildman–Crippen MR) is 107 cm³/mol. The summed E-state index contributed by atoms with van der Waals surface area (Å²) in [6.07, 6.45) is 0.344. The number of nitrogens with one attached hydrogen (secondary N) is 1. The molecule has 132 valence electrons. The Labute approximate surface area is 158 Å². The maximum atomic E-state index is 12.0. The molecule has 0 heterocycles. The van der Waals surface area contributed by atoms with Gasteiger partial charge in [-0.05, 0) is 66.3 Å². The van der Waals surface area contributed by atoms with Gasteiger partial charge < -0.3 is 9.47 Å². The highest BCUT2D eigenvalue weighted by Crippen LogP contribution is 2.23. The van der Waals surface area contributed by atoms with Crippen molar-refractivity contribution in [1.29, 1.82) is 0 Å². The third-order valence-corrected chi connectivity index (χ3v) is 3.84. The zero-order valence-corrected chi connectivity index (χ0v) is 15.0. The number of aryl methyl sites for hydroxylation is 1. The molecule has 0 saturated heterocycles. The average molecular weight is 365 g/mol. The first-order valence-electron chi connectivity index (χ1n) is 8.24. The lowest BCUT2D eigenvalue weighted by molar-refractivity contribution is 0.215. The molecule has 3 rings (SSSR count). The number of benzene rings is 3. The summed E-state index contributed by atoms with van der Waals surface area (Å²) in [7, 11) is 0. The third-order valence-electron chi connectivity index (χ3n) is 3.61. The molecule has 0 atom stereocenters. The molecule has 0 fully saturated rings. The van der Waals surface area contributed by atoms with Gasteiger partial charge in [-0.3, -0.25) is 5.32 Å². The Hall–Kier alpha value is -2.92. The topological polar surface area (TPSA) is 47.6 Å². The lowest BCUT2D eigenvalue weighted by Crippen LogP contribution is -2.16. The third kappa shape index (κ3) is 5.29. The van der Waals surface area contributed by atoms with Crippen molar-refractivity contribution in [2.24, 2.45) is 0 Å². The van der Waals surface area contributed by atoms with Gasteiger partial charge >= 0.3 is 6.09 Å². The van der Waals surface area contributed by atoms with Crippen molar-refractivity contribution in [1.82, 2.24) is 0 Å². The summed E-state index contributed by atoms with van der Waals surface area (Å²) in [6, 6.07) is 24.0. The van der Waals surface area contributed by atoms with Crippen LogP contribution < -0.4 is 14.8 Å². The quantitative estimate of drug-likeness (QED) is 0.562. The minimum atomic E-state index is -0.538. The predicted octanol–water partition coefficient (Wildman–Crippen LogP) is 5.56. The molecule has 1 N–H and O–H groups in total. The summed E-state index contributed by atoms with van der Waals surface area (Å²) < 4.78 is 11.0. The number of thiol groups is 1. The number of carbonyl (C=O) groups is 1. The van der Waals surface area contributed by atoms with Crippen molar-refractivity contribution in [3.63, 3.8) is 0 Å². The van der Waals surface area contributed by atoms with E-state index in [1.54, 1.807) is 36.4 Å². The van der Waals surface area contributed by atoms with Crippen LogP contribution in [0, 0.1) is 0 Å². The largest absolute Gasteiger partial charge is 0.457 e. The van der Waals surface area contributed by atoms with Crippen LogP contribution in [-0.4, -0.2) is 11.8 Å². The molecule has 0 aliphatic rings. The van der Waals surface area contributed by atoms with Gasteiger partial charge in [0.2, 0.25) is 0 Å². The lowest BCUT2D eigenvalue weighted by atomic mass is 10.2. The molecular weight excluding hydrogens is 346 g/mol. The summed E-state index contributed by atoms with van der Waals surface area (Å²) in [5.41, 5.74) is 1.78. The van der Waals surface area contributed by atoms with Gasteiger partial charge in [0.1, 0.15) is 17.2 Å². The average Bonchev–Trinajstić information content (AvgIpc) is 2.66. The normalized spacial score (nSPS) is 10.2. The highest BCUT2D eigenvalue weighted by atomic mass is 32.1. The van der Waals surface area contributed by atoms with E-state index in [2.05, 4.69) is 17.9 Å². The molecule has 3 aromatic carbocycles. The Morgan fingerprint density at radius 2 is 1.42 bits per heavy atom. The second-order valence-electron chi connectivity index (χ2n) is 5.57. The molecule has 3 aromatic rings. The number of amides is 1. The first-order chi connectivity index (χ1) is 12.7. The Balaban J connectivity index is 1.54. The first kappa shape index (κ1) is 17.9. The van der Waals surface area contributed by atoms with Gasteiger partial charge in [0.25, 0.3) is 0 Å². The molecule has 0 aliphatic heterocycles. The fourth-order valence-corrected chi connectivity index (χ4v) is 2.59. The maximum Gasteiger partial charge on any atom is 0.417 e. The lowest BCUT2D eigenvalue weighted by Gasteiger charge is -2.09. The van der Waals surface area contributed by atoms with E-state index in [1.165, 1.54) is 0 Å². The molecule has 0 radical (unpaired) electrons. The van der Waals surface area contributed by atoms with Crippen LogP contribution in [0.2, 0.25) is 0 Å². The number of hydrogen-bond donors (Lipinski definition) is 2. The van der Waals surface area contributed by atoms with Gasteiger partial charge in [-0.1, -0.05) is 30.3 Å². The van der Waals surface area contributed by atoms with Crippen LogP contribution in [0.15, 0.2) is 78.9 Å². The van der Waals surface area contributed by atoms with Gasteiger partial charge in [-0.25, -0.2) is 4.79 Å². The second-order valence-corrected chi connectivity index (χ2v) is 6.02. The van der Waals surface area contributed by atoms with Crippen LogP contribution in [0.3, 0.4) is 0 Å². The van der Waals surface area contributed by atoms with Gasteiger partial charge in [0.15, 0.2) is 0 Å². The number of rotatable bonds is 6. The molecule has 5 heteroatoms. The fraction of sp³-hybridized carbons (Fsp3) is 0.0952. The van der Waals surface area contributed by atoms with E-state index in [-0.39, 0.29) is 0 Å². The minimum Gasteiger partial charge on any atom is -0.457 e. The van der Waals surface area contributed by atoms with E-state index in [4.69, 9.17) is 9.47 Å². The van der Waals surface area contributed by atoms with Crippen molar-refractivity contribution in [2.45, 2.75) is 6.42 Å². The molecule has 26 heavy (non-hydrogen) atoms. The molecule has 0 bridgehead atoms. The summed E-state index contributed by atoms with van der Waals surface area (Å²) in [6.45, 7) is 0. The Morgan fingerprint density at radius 1 is 0.808 bits per heavy atom. The second kappa shape index (κ2) is 8.97. The standard InChI is InChI=1S/C21H19NO3S/c23-21(25-20-10-6-16(7-11-20)14-15-26)22-17-8-12-19(13-9-17)24-18-4-2-1-3-5-18/h1-13,26H,14-15H2,(H,22,23). The first-order valence-corrected chi connectivity index (χ1v) is 8.88. The molecule has 0 unspecified atom stereocenters. The number of anilines is 1. The smallest absolute Gasteiger partial charge is 0.417 e. The van der Waals surface area contributed by atoms with Crippen molar-refractivity contribution in [3.8, 4) is 17.2 Å². The van der Waals surface area contributed by atoms with Crippen molar-refractivity contribution < 1.29 is 14.3 Å². The molecule has 0 aromatic heterocycles. The molecule has 4 nitrogen and oxygen atoms in total. The fourth-order valence-electron chi connectivity index (χ4n) is 2.33. The number of hydrogen-bond acceptors (Lipinski definition) is 4. The van der Waals surface area contributed by atoms with Gasteiger partial charge in [-0.2, -0.15) is 12.6 Å². The zero-order chi connectivity index (χ0) is 18.2. The van der Waals surface area contributed by atoms with Crippen LogP contribution >= 0.6 is 12.6 Å². The Morgan fingerprint density at radius 3 is 2.08 bits per heavy atom. The van der Waals surface area contributed by atoms with Gasteiger partial charge in [-0.15, -0.1) is 0 Å². The van der Waals surface area contributed by atoms with Crippen molar-refractivity contribution in [3.05, 3.63) is 84.4 Å². The summed E-state index contributed by atoms with van der Waals surface area (Å²) in [4.78, 5) is 12.0. The van der Waals surface area contributed by atoms with Gasteiger partial charge in [0.05, 0.1) is 0 Å². The van der Waals surface area contributed by atoms with Crippen LogP contribution in [0.4, 0.5) is 10.5 Å². The molecule has 0 spiro atoms. The Bertz CT molecular complexity index is 833. The highest BCUT2D eigenvalue weighted by Gasteiger charge is 2.06. The summed E-state index contributed by atoms with van der Waals surface area (Å²) >= 11 is 4.20. The SMILES string of the molecule is O=C(Nc1ccc(Oc2ccccc2)cc1)Oc1ccc(CCS)cc1. The Kier molecular flexibility index (Phi) is 6.17. The zero-order valence-electron chi connectivity index (χ0n) is 14.1. The monoisotopic (exact) mass is 365 g/mol. The highest BCUT2D eigenvalue weighted by molar-refractivity contribution is 7.80. The van der Waals surface area contributed by atoms with Crippen LogP contribution in [0.1, 0.15) is 5.56 Å².